The number of piperazine rings is 1. The van der Waals surface area contributed by atoms with Crippen molar-refractivity contribution in [2.45, 2.75) is 39.3 Å². The van der Waals surface area contributed by atoms with Gasteiger partial charge in [-0.3, -0.25) is 9.69 Å². The van der Waals surface area contributed by atoms with Crippen molar-refractivity contribution in [2.24, 2.45) is 0 Å². The number of rotatable bonds is 7. The largest absolute Gasteiger partial charge is 0.495 e. The second kappa shape index (κ2) is 10.4. The summed E-state index contributed by atoms with van der Waals surface area (Å²) in [6.45, 7) is 11.7. The van der Waals surface area contributed by atoms with E-state index in [4.69, 9.17) is 9.47 Å². The number of para-hydroxylation sites is 2. The van der Waals surface area contributed by atoms with Gasteiger partial charge in [-0.15, -0.1) is 5.10 Å². The number of nitrogens with one attached hydrogen (secondary N) is 1. The summed E-state index contributed by atoms with van der Waals surface area (Å²) < 4.78 is 13.1. The van der Waals surface area contributed by atoms with E-state index < -0.39 is 6.04 Å². The first-order valence-electron chi connectivity index (χ1n) is 13.0. The molecule has 1 fully saturated rings. The average Bonchev–Trinajstić information content (AvgIpc) is 3.40. The zero-order chi connectivity index (χ0) is 26.9. The quantitative estimate of drug-likeness (QED) is 0.397. The number of hydrogen-bond acceptors (Lipinski definition) is 8. The van der Waals surface area contributed by atoms with Crippen molar-refractivity contribution in [3.8, 4) is 11.5 Å². The molecule has 1 aliphatic rings. The van der Waals surface area contributed by atoms with Crippen LogP contribution in [0.15, 0.2) is 53.3 Å². The van der Waals surface area contributed by atoms with Crippen LogP contribution in [-0.2, 0) is 5.54 Å². The van der Waals surface area contributed by atoms with Crippen LogP contribution in [0.3, 0.4) is 0 Å². The molecule has 2 aromatic carbocycles. The minimum atomic E-state index is -0.423. The number of benzene rings is 2. The second-order valence-corrected chi connectivity index (χ2v) is 10.5. The van der Waals surface area contributed by atoms with Gasteiger partial charge in [0.15, 0.2) is 5.82 Å². The number of aromatic nitrogens is 5. The molecule has 0 saturated carbocycles. The minimum absolute atomic E-state index is 0.151. The lowest BCUT2D eigenvalue weighted by molar-refractivity contribution is 0.190. The minimum Gasteiger partial charge on any atom is -0.495 e. The predicted molar refractivity (Wildman–Crippen MR) is 147 cm³/mol. The predicted octanol–water partition coefficient (Wildman–Crippen LogP) is 3.59. The molecule has 0 amide bonds. The summed E-state index contributed by atoms with van der Waals surface area (Å²) in [5.74, 6) is 2.26. The molecule has 4 aromatic rings. The van der Waals surface area contributed by atoms with Crippen LogP contribution >= 0.6 is 0 Å². The van der Waals surface area contributed by atoms with Gasteiger partial charge in [0, 0.05) is 42.6 Å². The van der Waals surface area contributed by atoms with Gasteiger partial charge in [-0.05, 0) is 74.5 Å². The van der Waals surface area contributed by atoms with E-state index in [1.807, 2.05) is 54.1 Å². The number of anilines is 1. The van der Waals surface area contributed by atoms with E-state index in [-0.39, 0.29) is 11.1 Å². The molecule has 38 heavy (non-hydrogen) atoms. The summed E-state index contributed by atoms with van der Waals surface area (Å²) in [4.78, 5) is 21.2. The van der Waals surface area contributed by atoms with Crippen LogP contribution in [0.5, 0.6) is 11.5 Å². The van der Waals surface area contributed by atoms with Crippen LogP contribution in [0.1, 0.15) is 45.1 Å². The van der Waals surface area contributed by atoms with Crippen LogP contribution in [0.25, 0.3) is 10.9 Å². The zero-order valence-electron chi connectivity index (χ0n) is 22.6. The normalized spacial score (nSPS) is 15.6. The number of hydrogen-bond donors (Lipinski definition) is 1. The van der Waals surface area contributed by atoms with Gasteiger partial charge in [-0.25, -0.2) is 4.68 Å². The first kappa shape index (κ1) is 25.7. The topological polar surface area (TPSA) is 101 Å². The molecular weight excluding hydrogens is 482 g/mol. The number of ether oxygens (including phenoxy) is 2. The molecule has 2 aromatic heterocycles. The number of tetrazole rings is 1. The molecule has 0 aliphatic carbocycles. The Morgan fingerprint density at radius 2 is 1.82 bits per heavy atom. The van der Waals surface area contributed by atoms with Gasteiger partial charge in [0.1, 0.15) is 17.5 Å². The fraction of sp³-hybridized carbons (Fsp3) is 0.429. The van der Waals surface area contributed by atoms with E-state index >= 15 is 0 Å². The van der Waals surface area contributed by atoms with E-state index in [1.165, 1.54) is 0 Å². The van der Waals surface area contributed by atoms with Gasteiger partial charge in [-0.2, -0.15) is 0 Å². The molecule has 0 bridgehead atoms. The van der Waals surface area contributed by atoms with Crippen molar-refractivity contribution in [1.29, 1.82) is 0 Å². The molecular formula is C28H35N7O3. The highest BCUT2D eigenvalue weighted by molar-refractivity contribution is 5.80. The lowest BCUT2D eigenvalue weighted by Gasteiger charge is -2.40. The summed E-state index contributed by atoms with van der Waals surface area (Å²) in [5, 5.41) is 13.7. The first-order chi connectivity index (χ1) is 18.3. The van der Waals surface area contributed by atoms with Crippen LogP contribution in [0.4, 0.5) is 5.69 Å². The Hall–Kier alpha value is -3.92. The standard InChI is InChI=1S/C28H35N7O3/c1-6-38-20-11-12-22-19(17-20)18-21(27(36)29-22)25(26-30-31-32-35(26)28(2,3)4)34-15-13-33(14-16-34)23-9-7-8-10-24(23)37-5/h7-12,17-18,25H,6,13-16H2,1-5H3,(H,29,36). The van der Waals surface area contributed by atoms with Gasteiger partial charge in [-0.1, -0.05) is 12.1 Å². The van der Waals surface area contributed by atoms with Crippen molar-refractivity contribution >= 4 is 16.6 Å². The van der Waals surface area contributed by atoms with E-state index in [9.17, 15) is 4.79 Å². The molecule has 1 saturated heterocycles. The van der Waals surface area contributed by atoms with Gasteiger partial charge in [0.2, 0.25) is 0 Å². The lowest BCUT2D eigenvalue weighted by atomic mass is 10.0. The Kier molecular flexibility index (Phi) is 7.07. The number of nitrogens with zero attached hydrogens (tertiary/aromatic N) is 6. The Balaban J connectivity index is 1.56. The van der Waals surface area contributed by atoms with Crippen LogP contribution < -0.4 is 19.9 Å². The molecule has 10 heteroatoms. The molecule has 10 nitrogen and oxygen atoms in total. The summed E-state index contributed by atoms with van der Waals surface area (Å²) in [6.07, 6.45) is 0. The lowest BCUT2D eigenvalue weighted by Crippen LogP contribution is -2.49. The molecule has 1 unspecified atom stereocenters. The van der Waals surface area contributed by atoms with Gasteiger partial charge in [0.25, 0.3) is 5.56 Å². The molecule has 200 valence electrons. The molecule has 1 atom stereocenters. The number of methoxy groups -OCH3 is 1. The van der Waals surface area contributed by atoms with Crippen molar-refractivity contribution < 1.29 is 9.47 Å². The molecule has 1 N–H and O–H groups in total. The monoisotopic (exact) mass is 517 g/mol. The fourth-order valence-electron chi connectivity index (χ4n) is 5.11. The number of fused-ring (bicyclic) bond motifs is 1. The number of pyridine rings is 1. The maximum atomic E-state index is 13.5. The van der Waals surface area contributed by atoms with E-state index in [0.717, 1.165) is 54.3 Å². The third-order valence-corrected chi connectivity index (χ3v) is 6.93. The number of H-pyrrole nitrogens is 1. The van der Waals surface area contributed by atoms with Gasteiger partial charge >= 0.3 is 0 Å². The second-order valence-electron chi connectivity index (χ2n) is 10.5. The summed E-state index contributed by atoms with van der Waals surface area (Å²) >= 11 is 0. The Morgan fingerprint density at radius 3 is 2.53 bits per heavy atom. The van der Waals surface area contributed by atoms with Gasteiger partial charge < -0.3 is 19.4 Å². The van der Waals surface area contributed by atoms with E-state index in [1.54, 1.807) is 7.11 Å². The summed E-state index contributed by atoms with van der Waals surface area (Å²) in [7, 11) is 1.69. The smallest absolute Gasteiger partial charge is 0.253 e. The fourth-order valence-corrected chi connectivity index (χ4v) is 5.11. The maximum Gasteiger partial charge on any atom is 0.253 e. The highest BCUT2D eigenvalue weighted by Crippen LogP contribution is 2.33. The van der Waals surface area contributed by atoms with Crippen LogP contribution in [0.2, 0.25) is 0 Å². The average molecular weight is 518 g/mol. The first-order valence-corrected chi connectivity index (χ1v) is 13.0. The van der Waals surface area contributed by atoms with Crippen LogP contribution in [0, 0.1) is 0 Å². The third kappa shape index (κ3) is 4.96. The van der Waals surface area contributed by atoms with Gasteiger partial charge in [0.05, 0.1) is 24.9 Å². The third-order valence-electron chi connectivity index (χ3n) is 6.93. The highest BCUT2D eigenvalue weighted by atomic mass is 16.5. The molecule has 5 rings (SSSR count). The summed E-state index contributed by atoms with van der Waals surface area (Å²) in [5.41, 5.74) is 1.93. The van der Waals surface area contributed by atoms with E-state index in [2.05, 4.69) is 57.1 Å². The van der Waals surface area contributed by atoms with Crippen molar-refractivity contribution in [3.63, 3.8) is 0 Å². The van der Waals surface area contributed by atoms with Crippen molar-refractivity contribution in [2.75, 3.05) is 44.8 Å². The zero-order valence-corrected chi connectivity index (χ0v) is 22.6. The molecule has 0 spiro atoms. The summed E-state index contributed by atoms with van der Waals surface area (Å²) in [6, 6.07) is 15.3. The highest BCUT2D eigenvalue weighted by Gasteiger charge is 2.35. The SMILES string of the molecule is CCOc1ccc2[nH]c(=O)c(C(c3nnnn3C(C)(C)C)N3CCN(c4ccccc4OC)CC3)cc2c1. The van der Waals surface area contributed by atoms with Crippen LogP contribution in [-0.4, -0.2) is 70.0 Å². The van der Waals surface area contributed by atoms with E-state index in [0.29, 0.717) is 18.0 Å². The molecule has 0 radical (unpaired) electrons. The Morgan fingerprint density at radius 1 is 1.05 bits per heavy atom. The number of aromatic amines is 1. The van der Waals surface area contributed by atoms with Crippen molar-refractivity contribution in [1.82, 2.24) is 30.1 Å². The maximum absolute atomic E-state index is 13.5. The molecule has 1 aliphatic heterocycles. The Labute approximate surface area is 222 Å². The molecule has 3 heterocycles. The van der Waals surface area contributed by atoms with Crippen molar-refractivity contribution in [3.05, 3.63) is 70.3 Å². The Bertz CT molecular complexity index is 1470.